The van der Waals surface area contributed by atoms with Gasteiger partial charge < -0.3 is 15.2 Å². The maximum absolute atomic E-state index is 13.9. The van der Waals surface area contributed by atoms with Gasteiger partial charge in [0.05, 0.1) is 11.7 Å². The predicted octanol–water partition coefficient (Wildman–Crippen LogP) is 6.39. The minimum Gasteiger partial charge on any atom is -0.354 e. The van der Waals surface area contributed by atoms with Crippen LogP contribution in [0.15, 0.2) is 103 Å². The van der Waals surface area contributed by atoms with Crippen LogP contribution in [0.25, 0.3) is 22.2 Å². The normalized spacial score (nSPS) is 15.5. The molecule has 0 saturated carbocycles. The van der Waals surface area contributed by atoms with E-state index >= 15 is 0 Å². The Kier molecular flexibility index (Phi) is 6.04. The fourth-order valence-electron chi connectivity index (χ4n) is 5.49. The molecule has 2 atom stereocenters. The largest absolute Gasteiger partial charge is 0.354 e. The number of hydrogen-bond acceptors (Lipinski definition) is 2. The number of benzene rings is 4. The third-order valence-electron chi connectivity index (χ3n) is 7.46. The van der Waals surface area contributed by atoms with Crippen LogP contribution in [0, 0.1) is 6.92 Å². The number of nitrogens with one attached hydrogen (secondary N) is 2. The zero-order valence-corrected chi connectivity index (χ0v) is 21.4. The Bertz CT molecular complexity index is 1640. The highest BCUT2D eigenvalue weighted by atomic mass is 16.2. The van der Waals surface area contributed by atoms with Crippen LogP contribution in [0.4, 0.5) is 0 Å². The van der Waals surface area contributed by atoms with E-state index in [1.165, 1.54) is 5.56 Å². The number of rotatable bonds is 6. The van der Waals surface area contributed by atoms with Crippen molar-refractivity contribution < 1.29 is 9.59 Å². The van der Waals surface area contributed by atoms with E-state index < -0.39 is 12.1 Å². The lowest BCUT2D eigenvalue weighted by Crippen LogP contribution is -2.46. The number of amides is 2. The molecule has 0 fully saturated rings. The van der Waals surface area contributed by atoms with Crippen LogP contribution in [0.3, 0.4) is 0 Å². The molecule has 5 nitrogen and oxygen atoms in total. The third-order valence-corrected chi connectivity index (χ3v) is 7.46. The Balaban J connectivity index is 1.47. The molecule has 1 aliphatic heterocycles. The van der Waals surface area contributed by atoms with E-state index in [1.54, 1.807) is 4.90 Å². The molecule has 0 radical (unpaired) electrons. The summed E-state index contributed by atoms with van der Waals surface area (Å²) in [5.41, 5.74) is 7.75. The fourth-order valence-corrected chi connectivity index (χ4v) is 5.49. The summed E-state index contributed by atoms with van der Waals surface area (Å²) in [4.78, 5) is 32.7. The summed E-state index contributed by atoms with van der Waals surface area (Å²) in [5, 5.41) is 4.08. The number of carbonyl (C=O) groups is 2. The van der Waals surface area contributed by atoms with Gasteiger partial charge >= 0.3 is 0 Å². The highest BCUT2D eigenvalue weighted by Gasteiger charge is 2.44. The van der Waals surface area contributed by atoms with Gasteiger partial charge in [0.15, 0.2) is 0 Å². The molecule has 0 aliphatic carbocycles. The molecule has 5 aromatic rings. The molecular weight excluding hydrogens is 470 g/mol. The van der Waals surface area contributed by atoms with Crippen molar-refractivity contribution in [2.75, 3.05) is 0 Å². The van der Waals surface area contributed by atoms with Gasteiger partial charge in [0.1, 0.15) is 6.04 Å². The van der Waals surface area contributed by atoms with Crippen molar-refractivity contribution in [1.82, 2.24) is 15.2 Å². The number of carbonyl (C=O) groups excluding carboxylic acids is 2. The van der Waals surface area contributed by atoms with Crippen LogP contribution in [0.2, 0.25) is 0 Å². The van der Waals surface area contributed by atoms with Crippen LogP contribution in [0.1, 0.15) is 45.6 Å². The Hall–Kier alpha value is -4.64. The van der Waals surface area contributed by atoms with Crippen LogP contribution in [-0.2, 0) is 11.3 Å². The highest BCUT2D eigenvalue weighted by molar-refractivity contribution is 6.04. The quantitative estimate of drug-likeness (QED) is 0.284. The lowest BCUT2D eigenvalue weighted by molar-refractivity contribution is -0.125. The first-order chi connectivity index (χ1) is 18.5. The van der Waals surface area contributed by atoms with Gasteiger partial charge in [-0.15, -0.1) is 0 Å². The summed E-state index contributed by atoms with van der Waals surface area (Å²) < 4.78 is 0. The topological polar surface area (TPSA) is 65.2 Å². The van der Waals surface area contributed by atoms with Crippen molar-refractivity contribution >= 4 is 22.7 Å². The Morgan fingerprint density at radius 2 is 1.58 bits per heavy atom. The van der Waals surface area contributed by atoms with Gasteiger partial charge in [0.2, 0.25) is 5.91 Å². The number of H-pyrrole nitrogens is 1. The maximum Gasteiger partial charge on any atom is 0.255 e. The number of aromatic nitrogens is 1. The first-order valence-corrected chi connectivity index (χ1v) is 12.9. The van der Waals surface area contributed by atoms with E-state index in [9.17, 15) is 9.59 Å². The molecule has 1 aliphatic rings. The second kappa shape index (κ2) is 9.67. The van der Waals surface area contributed by atoms with Gasteiger partial charge in [-0.25, -0.2) is 0 Å². The minimum absolute atomic E-state index is 0.131. The van der Waals surface area contributed by atoms with Crippen LogP contribution < -0.4 is 5.32 Å². The van der Waals surface area contributed by atoms with Crippen molar-refractivity contribution in [1.29, 1.82) is 0 Å². The zero-order chi connectivity index (χ0) is 26.2. The number of aryl methyl sites for hydroxylation is 1. The SMILES string of the molecule is Cc1ccc(-c2[nH]c3ccccc3c2[C@@H]2c3ccccc3C(=O)N2[C@@H](C)C(=O)NCc2ccccc2)cc1. The summed E-state index contributed by atoms with van der Waals surface area (Å²) in [6.07, 6.45) is 0. The summed E-state index contributed by atoms with van der Waals surface area (Å²) in [6, 6.07) is 33.0. The first kappa shape index (κ1) is 23.7. The van der Waals surface area contributed by atoms with Gasteiger partial charge in [-0.05, 0) is 42.7 Å². The van der Waals surface area contributed by atoms with Crippen LogP contribution in [-0.4, -0.2) is 27.7 Å². The van der Waals surface area contributed by atoms with Crippen molar-refractivity contribution in [3.05, 3.63) is 131 Å². The first-order valence-electron chi connectivity index (χ1n) is 12.9. The summed E-state index contributed by atoms with van der Waals surface area (Å²) in [6.45, 7) is 4.29. The predicted molar refractivity (Wildman–Crippen MR) is 151 cm³/mol. The van der Waals surface area contributed by atoms with Gasteiger partial charge in [-0.3, -0.25) is 9.59 Å². The van der Waals surface area contributed by atoms with E-state index in [-0.39, 0.29) is 11.8 Å². The summed E-state index contributed by atoms with van der Waals surface area (Å²) >= 11 is 0. The smallest absolute Gasteiger partial charge is 0.255 e. The minimum atomic E-state index is -0.678. The average Bonchev–Trinajstić information content (AvgIpc) is 3.47. The van der Waals surface area contributed by atoms with Crippen LogP contribution in [0.5, 0.6) is 0 Å². The molecule has 2 N–H and O–H groups in total. The maximum atomic E-state index is 13.9. The van der Waals surface area contributed by atoms with Crippen molar-refractivity contribution in [3.63, 3.8) is 0 Å². The second-order valence-corrected chi connectivity index (χ2v) is 9.91. The Morgan fingerprint density at radius 1 is 0.895 bits per heavy atom. The van der Waals surface area contributed by atoms with E-state index in [4.69, 9.17) is 0 Å². The molecule has 0 bridgehead atoms. The van der Waals surface area contributed by atoms with Gasteiger partial charge in [-0.1, -0.05) is 96.6 Å². The number of aromatic amines is 1. The molecule has 6 rings (SSSR count). The van der Waals surface area contributed by atoms with E-state index in [1.807, 2.05) is 73.7 Å². The molecule has 1 aromatic heterocycles. The molecule has 188 valence electrons. The summed E-state index contributed by atoms with van der Waals surface area (Å²) in [5.74, 6) is -0.315. The molecule has 0 unspecified atom stereocenters. The number of fused-ring (bicyclic) bond motifs is 2. The molecule has 38 heavy (non-hydrogen) atoms. The average molecular weight is 500 g/mol. The highest BCUT2D eigenvalue weighted by Crippen LogP contribution is 2.46. The van der Waals surface area contributed by atoms with Gasteiger partial charge in [0, 0.05) is 28.6 Å². The van der Waals surface area contributed by atoms with E-state index in [0.29, 0.717) is 12.1 Å². The lowest BCUT2D eigenvalue weighted by Gasteiger charge is -2.31. The summed E-state index contributed by atoms with van der Waals surface area (Å²) in [7, 11) is 0. The molecule has 5 heteroatoms. The standard InChI is InChI=1S/C33H29N3O2/c1-21-16-18-24(19-17-21)30-29(27-14-8-9-15-28(27)35-30)31-25-12-6-7-13-26(25)33(38)36(31)22(2)32(37)34-20-23-10-4-3-5-11-23/h3-19,22,31,35H,20H2,1-2H3,(H,34,37)/t22-,31-/m0/s1. The lowest BCUT2D eigenvalue weighted by atomic mass is 9.92. The monoisotopic (exact) mass is 499 g/mol. The molecule has 0 spiro atoms. The molecule has 0 saturated heterocycles. The number of nitrogens with zero attached hydrogens (tertiary/aromatic N) is 1. The molecule has 2 amide bonds. The van der Waals surface area contributed by atoms with E-state index in [2.05, 4.69) is 53.6 Å². The third kappa shape index (κ3) is 4.06. The van der Waals surface area contributed by atoms with Crippen molar-refractivity contribution in [2.45, 2.75) is 32.5 Å². The molecule has 4 aromatic carbocycles. The van der Waals surface area contributed by atoms with Gasteiger partial charge in [0.25, 0.3) is 5.91 Å². The number of hydrogen-bond donors (Lipinski definition) is 2. The molecular formula is C33H29N3O2. The van der Waals surface area contributed by atoms with Crippen molar-refractivity contribution in [3.8, 4) is 11.3 Å². The Labute approximate surface area is 222 Å². The zero-order valence-electron chi connectivity index (χ0n) is 21.4. The molecule has 2 heterocycles. The van der Waals surface area contributed by atoms with Crippen LogP contribution >= 0.6 is 0 Å². The van der Waals surface area contributed by atoms with Gasteiger partial charge in [-0.2, -0.15) is 0 Å². The number of para-hydroxylation sites is 1. The Morgan fingerprint density at radius 3 is 2.37 bits per heavy atom. The fraction of sp³-hybridized carbons (Fsp3) is 0.152. The second-order valence-electron chi connectivity index (χ2n) is 9.91. The van der Waals surface area contributed by atoms with E-state index in [0.717, 1.165) is 38.9 Å². The van der Waals surface area contributed by atoms with Crippen molar-refractivity contribution in [2.24, 2.45) is 0 Å².